The Labute approximate surface area is 159 Å². The lowest BCUT2D eigenvalue weighted by molar-refractivity contribution is -0.141. The first-order valence-electron chi connectivity index (χ1n) is 8.33. The summed E-state index contributed by atoms with van der Waals surface area (Å²) in [7, 11) is 1.39. The maximum atomic E-state index is 12.9. The van der Waals surface area contributed by atoms with Crippen molar-refractivity contribution < 1.29 is 14.7 Å². The number of carbonyl (C=O) groups is 2. The van der Waals surface area contributed by atoms with Crippen LogP contribution in [-0.4, -0.2) is 44.4 Å². The molecule has 0 aliphatic carbocycles. The highest BCUT2D eigenvalue weighted by molar-refractivity contribution is 7.17. The lowest BCUT2D eigenvalue weighted by Gasteiger charge is -2.24. The van der Waals surface area contributed by atoms with E-state index in [4.69, 9.17) is 0 Å². The topological polar surface area (TPSA) is 92.0 Å². The van der Waals surface area contributed by atoms with Gasteiger partial charge in [-0.3, -0.25) is 14.0 Å². The number of hydrogen-bond donors (Lipinski definition) is 1. The number of aliphatic carboxylic acids is 1. The van der Waals surface area contributed by atoms with E-state index in [9.17, 15) is 19.5 Å². The molecular weight excluding hydrogens is 366 g/mol. The number of nitrogens with zero attached hydrogens (tertiary/aromatic N) is 3. The zero-order chi connectivity index (χ0) is 19.7. The summed E-state index contributed by atoms with van der Waals surface area (Å²) >= 11 is 1.37. The molecule has 2 heterocycles. The molecule has 1 amide bonds. The van der Waals surface area contributed by atoms with E-state index in [1.54, 1.807) is 19.1 Å². The van der Waals surface area contributed by atoms with Crippen molar-refractivity contribution in [2.24, 2.45) is 0 Å². The Balaban J connectivity index is 1.97. The molecule has 27 heavy (non-hydrogen) atoms. The van der Waals surface area contributed by atoms with Crippen molar-refractivity contribution in [3.8, 4) is 0 Å². The minimum Gasteiger partial charge on any atom is -0.480 e. The van der Waals surface area contributed by atoms with Crippen molar-refractivity contribution in [1.29, 1.82) is 0 Å². The maximum Gasteiger partial charge on any atom is 0.326 e. The first kappa shape index (κ1) is 18.8. The van der Waals surface area contributed by atoms with Crippen LogP contribution < -0.4 is 5.56 Å². The van der Waals surface area contributed by atoms with Crippen LogP contribution >= 0.6 is 11.3 Å². The standard InChI is InChI=1S/C19H19N3O4S/c1-11-12(2)27-19-20-10-14(17(24)22(11)19)16(23)21(3)15(18(25)26)9-13-7-5-4-6-8-13/h4-8,10,15H,9H2,1-3H3,(H,25,26). The predicted molar refractivity (Wildman–Crippen MR) is 102 cm³/mol. The van der Waals surface area contributed by atoms with E-state index < -0.39 is 23.5 Å². The Bertz CT molecular complexity index is 1070. The van der Waals surface area contributed by atoms with Gasteiger partial charge in [-0.1, -0.05) is 30.3 Å². The van der Waals surface area contributed by atoms with Crippen LogP contribution in [0.25, 0.3) is 4.96 Å². The van der Waals surface area contributed by atoms with Crippen molar-refractivity contribution in [3.05, 3.63) is 68.6 Å². The lowest BCUT2D eigenvalue weighted by atomic mass is 10.0. The summed E-state index contributed by atoms with van der Waals surface area (Å²) in [6, 6.07) is 7.96. The number of thiazole rings is 1. The number of aromatic nitrogens is 2. The van der Waals surface area contributed by atoms with Gasteiger partial charge in [0.2, 0.25) is 0 Å². The summed E-state index contributed by atoms with van der Waals surface area (Å²) in [5.41, 5.74) is 0.890. The van der Waals surface area contributed by atoms with Crippen LogP contribution in [0.3, 0.4) is 0 Å². The van der Waals surface area contributed by atoms with Crippen LogP contribution in [0.2, 0.25) is 0 Å². The van der Waals surface area contributed by atoms with Crippen LogP contribution in [-0.2, 0) is 11.2 Å². The zero-order valence-electron chi connectivity index (χ0n) is 15.2. The maximum absolute atomic E-state index is 12.9. The van der Waals surface area contributed by atoms with E-state index in [1.165, 1.54) is 29.0 Å². The van der Waals surface area contributed by atoms with E-state index in [0.717, 1.165) is 21.0 Å². The molecule has 0 spiro atoms. The molecule has 8 heteroatoms. The summed E-state index contributed by atoms with van der Waals surface area (Å²) < 4.78 is 1.40. The number of aryl methyl sites for hydroxylation is 2. The third-order valence-electron chi connectivity index (χ3n) is 4.59. The molecule has 1 unspecified atom stereocenters. The van der Waals surface area contributed by atoms with Gasteiger partial charge < -0.3 is 10.0 Å². The fraction of sp³-hybridized carbons (Fsp3) is 0.263. The molecule has 1 N–H and O–H groups in total. The van der Waals surface area contributed by atoms with Gasteiger partial charge in [-0.25, -0.2) is 9.78 Å². The Morgan fingerprint density at radius 1 is 1.26 bits per heavy atom. The van der Waals surface area contributed by atoms with E-state index in [-0.39, 0.29) is 12.0 Å². The average molecular weight is 385 g/mol. The quantitative estimate of drug-likeness (QED) is 0.726. The number of carbonyl (C=O) groups excluding carboxylic acids is 1. The van der Waals surface area contributed by atoms with Crippen molar-refractivity contribution >= 4 is 28.2 Å². The highest BCUT2D eigenvalue weighted by atomic mass is 32.1. The molecule has 0 saturated heterocycles. The second-order valence-electron chi connectivity index (χ2n) is 6.30. The molecule has 1 atom stereocenters. The van der Waals surface area contributed by atoms with E-state index >= 15 is 0 Å². The SMILES string of the molecule is Cc1sc2ncc(C(=O)N(C)C(Cc3ccccc3)C(=O)O)c(=O)n2c1C. The number of fused-ring (bicyclic) bond motifs is 1. The van der Waals surface area contributed by atoms with Gasteiger partial charge in [-0.05, 0) is 19.4 Å². The number of carboxylic acids is 1. The summed E-state index contributed by atoms with van der Waals surface area (Å²) in [6.07, 6.45) is 1.37. The number of carboxylic acid groups (broad SMARTS) is 1. The van der Waals surface area contributed by atoms with Crippen LogP contribution in [0.4, 0.5) is 0 Å². The van der Waals surface area contributed by atoms with Gasteiger partial charge >= 0.3 is 5.97 Å². The second kappa shape index (κ2) is 7.32. The molecule has 2 aromatic heterocycles. The largest absolute Gasteiger partial charge is 0.480 e. The minimum atomic E-state index is -1.13. The molecule has 140 valence electrons. The van der Waals surface area contributed by atoms with Gasteiger partial charge in [0.15, 0.2) is 4.96 Å². The van der Waals surface area contributed by atoms with Crippen LogP contribution in [0.1, 0.15) is 26.5 Å². The number of rotatable bonds is 5. The minimum absolute atomic E-state index is 0.143. The molecule has 3 rings (SSSR count). The molecule has 7 nitrogen and oxygen atoms in total. The number of hydrogen-bond acceptors (Lipinski definition) is 5. The molecule has 0 aliphatic heterocycles. The smallest absolute Gasteiger partial charge is 0.326 e. The molecule has 0 aliphatic rings. The Morgan fingerprint density at radius 2 is 1.93 bits per heavy atom. The zero-order valence-corrected chi connectivity index (χ0v) is 16.0. The average Bonchev–Trinajstić information content (AvgIpc) is 2.94. The second-order valence-corrected chi connectivity index (χ2v) is 7.48. The van der Waals surface area contributed by atoms with E-state index in [0.29, 0.717) is 4.96 Å². The first-order valence-corrected chi connectivity index (χ1v) is 9.14. The van der Waals surface area contributed by atoms with Crippen molar-refractivity contribution in [2.75, 3.05) is 7.05 Å². The third kappa shape index (κ3) is 3.48. The summed E-state index contributed by atoms with van der Waals surface area (Å²) in [4.78, 5) is 44.2. The molecule has 0 radical (unpaired) electrons. The van der Waals surface area contributed by atoms with Gasteiger partial charge in [0.05, 0.1) is 0 Å². The van der Waals surface area contributed by atoms with Gasteiger partial charge in [-0.15, -0.1) is 11.3 Å². The van der Waals surface area contributed by atoms with Gasteiger partial charge in [0.25, 0.3) is 11.5 Å². The molecule has 3 aromatic rings. The molecule has 0 bridgehead atoms. The summed E-state index contributed by atoms with van der Waals surface area (Å²) in [6.45, 7) is 3.66. The number of amides is 1. The third-order valence-corrected chi connectivity index (χ3v) is 5.67. The van der Waals surface area contributed by atoms with Crippen LogP contribution in [0, 0.1) is 13.8 Å². The fourth-order valence-electron chi connectivity index (χ4n) is 2.88. The Kier molecular flexibility index (Phi) is 5.09. The van der Waals surface area contributed by atoms with E-state index in [2.05, 4.69) is 4.98 Å². The Hall–Kier alpha value is -3.00. The van der Waals surface area contributed by atoms with Gasteiger partial charge in [0, 0.05) is 30.2 Å². The molecular formula is C19H19N3O4S. The molecule has 0 fully saturated rings. The van der Waals surface area contributed by atoms with E-state index in [1.807, 2.05) is 25.1 Å². The summed E-state index contributed by atoms with van der Waals surface area (Å²) in [5.74, 6) is -1.79. The van der Waals surface area contributed by atoms with Gasteiger partial charge in [-0.2, -0.15) is 0 Å². The normalized spacial score (nSPS) is 12.1. The van der Waals surface area contributed by atoms with Crippen molar-refractivity contribution in [1.82, 2.24) is 14.3 Å². The monoisotopic (exact) mass is 385 g/mol. The highest BCUT2D eigenvalue weighted by Crippen LogP contribution is 2.19. The lowest BCUT2D eigenvalue weighted by Crippen LogP contribution is -2.45. The predicted octanol–water partition coefficient (Wildman–Crippen LogP) is 2.14. The summed E-state index contributed by atoms with van der Waals surface area (Å²) in [5, 5.41) is 9.60. The number of likely N-dealkylation sites (N-methyl/N-ethyl adjacent to an activating group) is 1. The fourth-order valence-corrected chi connectivity index (χ4v) is 3.81. The molecule has 1 aromatic carbocycles. The Morgan fingerprint density at radius 3 is 2.56 bits per heavy atom. The molecule has 0 saturated carbocycles. The van der Waals surface area contributed by atoms with Crippen LogP contribution in [0.5, 0.6) is 0 Å². The van der Waals surface area contributed by atoms with Crippen molar-refractivity contribution in [3.63, 3.8) is 0 Å². The van der Waals surface area contributed by atoms with Crippen LogP contribution in [0.15, 0.2) is 41.3 Å². The number of benzene rings is 1. The first-order chi connectivity index (χ1) is 12.8. The van der Waals surface area contributed by atoms with Crippen molar-refractivity contribution in [2.45, 2.75) is 26.3 Å². The van der Waals surface area contributed by atoms with Gasteiger partial charge in [0.1, 0.15) is 11.6 Å². The highest BCUT2D eigenvalue weighted by Gasteiger charge is 2.29.